The third kappa shape index (κ3) is 4.05. The normalized spacial score (nSPS) is 19.8. The molecule has 1 heterocycles. The van der Waals surface area contributed by atoms with Crippen molar-refractivity contribution in [1.82, 2.24) is 10.2 Å². The number of nitrogens with zero attached hydrogens (tertiary/aromatic N) is 1. The van der Waals surface area contributed by atoms with Crippen LogP contribution in [-0.4, -0.2) is 43.5 Å². The van der Waals surface area contributed by atoms with Crippen LogP contribution in [0.2, 0.25) is 0 Å². The Hall–Kier alpha value is -1.39. The van der Waals surface area contributed by atoms with Crippen molar-refractivity contribution in [3.8, 4) is 0 Å². The van der Waals surface area contributed by atoms with Crippen LogP contribution in [0.5, 0.6) is 0 Å². The number of hydrogen-bond acceptors (Lipinski definition) is 3. The van der Waals surface area contributed by atoms with Gasteiger partial charge in [-0.1, -0.05) is 18.6 Å². The molecule has 0 aliphatic carbocycles. The fourth-order valence-electron chi connectivity index (χ4n) is 2.75. The number of carbonyl (C=O) groups excluding carboxylic acids is 1. The predicted octanol–water partition coefficient (Wildman–Crippen LogP) is 1.40. The highest BCUT2D eigenvalue weighted by Gasteiger charge is 2.19. The molecule has 0 saturated carbocycles. The minimum absolute atomic E-state index is 0.0165. The van der Waals surface area contributed by atoms with Crippen LogP contribution < -0.4 is 11.1 Å². The van der Waals surface area contributed by atoms with Crippen LogP contribution >= 0.6 is 0 Å². The molecule has 2 rings (SSSR count). The molecule has 1 aromatic rings. The molecule has 20 heavy (non-hydrogen) atoms. The molecule has 4 heteroatoms. The van der Waals surface area contributed by atoms with Gasteiger partial charge < -0.3 is 16.0 Å². The van der Waals surface area contributed by atoms with Gasteiger partial charge in [0.15, 0.2) is 0 Å². The van der Waals surface area contributed by atoms with Crippen molar-refractivity contribution in [1.29, 1.82) is 0 Å². The first-order valence-corrected chi connectivity index (χ1v) is 7.48. The Balaban J connectivity index is 1.89. The Morgan fingerprint density at radius 2 is 2.30 bits per heavy atom. The smallest absolute Gasteiger partial charge is 0.251 e. The second kappa shape index (κ2) is 7.41. The van der Waals surface area contributed by atoms with Gasteiger partial charge in [0.2, 0.25) is 0 Å². The lowest BCUT2D eigenvalue weighted by Crippen LogP contribution is -2.44. The molecule has 1 atom stereocenters. The Kier molecular flexibility index (Phi) is 5.56. The maximum atomic E-state index is 12.2. The van der Waals surface area contributed by atoms with Gasteiger partial charge in [-0.05, 0) is 57.1 Å². The first-order chi connectivity index (χ1) is 9.70. The topological polar surface area (TPSA) is 58.4 Å². The fraction of sp³-hybridized carbons (Fsp3) is 0.562. The van der Waals surface area contributed by atoms with E-state index in [2.05, 4.69) is 17.3 Å². The molecular formula is C16H25N3O. The zero-order valence-electron chi connectivity index (χ0n) is 12.3. The highest BCUT2D eigenvalue weighted by Crippen LogP contribution is 2.14. The first kappa shape index (κ1) is 15.0. The summed E-state index contributed by atoms with van der Waals surface area (Å²) in [6, 6.07) is 8.21. The van der Waals surface area contributed by atoms with Crippen molar-refractivity contribution < 1.29 is 4.79 Å². The lowest BCUT2D eigenvalue weighted by Gasteiger charge is -2.32. The molecule has 0 spiro atoms. The Morgan fingerprint density at radius 3 is 3.05 bits per heavy atom. The number of amides is 1. The van der Waals surface area contributed by atoms with Crippen LogP contribution in [0.1, 0.15) is 35.2 Å². The third-order valence-corrected chi connectivity index (χ3v) is 4.04. The zero-order valence-corrected chi connectivity index (χ0v) is 12.3. The average Bonchev–Trinajstić information content (AvgIpc) is 2.47. The van der Waals surface area contributed by atoms with E-state index >= 15 is 0 Å². The monoisotopic (exact) mass is 275 g/mol. The van der Waals surface area contributed by atoms with Gasteiger partial charge in [-0.15, -0.1) is 0 Å². The quantitative estimate of drug-likeness (QED) is 0.854. The number of likely N-dealkylation sites (tertiary alicyclic amines) is 1. The first-order valence-electron chi connectivity index (χ1n) is 7.48. The molecule has 0 radical (unpaired) electrons. The molecular weight excluding hydrogens is 250 g/mol. The van der Waals surface area contributed by atoms with E-state index in [1.165, 1.54) is 19.3 Å². The van der Waals surface area contributed by atoms with Gasteiger partial charge in [0.1, 0.15) is 0 Å². The van der Waals surface area contributed by atoms with E-state index in [1.807, 2.05) is 24.3 Å². The molecule has 0 bridgehead atoms. The molecule has 1 aliphatic rings. The van der Waals surface area contributed by atoms with Gasteiger partial charge >= 0.3 is 0 Å². The summed E-state index contributed by atoms with van der Waals surface area (Å²) >= 11 is 0. The van der Waals surface area contributed by atoms with Crippen LogP contribution in [0, 0.1) is 0 Å². The van der Waals surface area contributed by atoms with Crippen molar-refractivity contribution in [2.24, 2.45) is 5.73 Å². The molecule has 1 unspecified atom stereocenters. The van der Waals surface area contributed by atoms with E-state index in [-0.39, 0.29) is 5.91 Å². The molecule has 1 amide bonds. The minimum Gasteiger partial charge on any atom is -0.350 e. The van der Waals surface area contributed by atoms with E-state index in [9.17, 15) is 4.79 Å². The third-order valence-electron chi connectivity index (χ3n) is 4.04. The minimum atomic E-state index is 0.0165. The second-order valence-electron chi connectivity index (χ2n) is 5.58. The van der Waals surface area contributed by atoms with Gasteiger partial charge in [-0.25, -0.2) is 0 Å². The van der Waals surface area contributed by atoms with E-state index < -0.39 is 0 Å². The summed E-state index contributed by atoms with van der Waals surface area (Å²) in [5.74, 6) is 0.0165. The Bertz CT molecular complexity index is 447. The van der Waals surface area contributed by atoms with Crippen molar-refractivity contribution in [3.63, 3.8) is 0 Å². The second-order valence-corrected chi connectivity index (χ2v) is 5.58. The van der Waals surface area contributed by atoms with Crippen molar-refractivity contribution in [2.75, 3.05) is 26.7 Å². The lowest BCUT2D eigenvalue weighted by molar-refractivity contribution is 0.0928. The standard InChI is InChI=1S/C16H25N3O/c1-19-10-3-2-7-15(19)12-18-16(20)14-6-4-5-13(11-14)8-9-17/h4-6,11,15H,2-3,7-10,12,17H2,1H3,(H,18,20). The molecule has 1 aliphatic heterocycles. The maximum Gasteiger partial charge on any atom is 0.251 e. The number of likely N-dealkylation sites (N-methyl/N-ethyl adjacent to an activating group) is 1. The number of benzene rings is 1. The highest BCUT2D eigenvalue weighted by atomic mass is 16.1. The summed E-state index contributed by atoms with van der Waals surface area (Å²) in [4.78, 5) is 14.5. The molecule has 3 N–H and O–H groups in total. The number of nitrogens with two attached hydrogens (primary N) is 1. The molecule has 110 valence electrons. The van der Waals surface area contributed by atoms with Gasteiger partial charge in [0.05, 0.1) is 0 Å². The van der Waals surface area contributed by atoms with Crippen molar-refractivity contribution in [2.45, 2.75) is 31.7 Å². The largest absolute Gasteiger partial charge is 0.350 e. The SMILES string of the molecule is CN1CCCCC1CNC(=O)c1cccc(CCN)c1. The van der Waals surface area contributed by atoms with Crippen LogP contribution in [0.4, 0.5) is 0 Å². The van der Waals surface area contributed by atoms with Crippen LogP contribution in [-0.2, 0) is 6.42 Å². The number of nitrogens with one attached hydrogen (secondary N) is 1. The van der Waals surface area contributed by atoms with Gasteiger partial charge in [0, 0.05) is 18.2 Å². The van der Waals surface area contributed by atoms with E-state index in [1.54, 1.807) is 0 Å². The predicted molar refractivity (Wildman–Crippen MR) is 81.8 cm³/mol. The average molecular weight is 275 g/mol. The van der Waals surface area contributed by atoms with Gasteiger partial charge in [-0.3, -0.25) is 4.79 Å². The van der Waals surface area contributed by atoms with Gasteiger partial charge in [-0.2, -0.15) is 0 Å². The van der Waals surface area contributed by atoms with Crippen LogP contribution in [0.25, 0.3) is 0 Å². The van der Waals surface area contributed by atoms with Crippen LogP contribution in [0.3, 0.4) is 0 Å². The summed E-state index contributed by atoms with van der Waals surface area (Å²) in [5, 5.41) is 3.06. The summed E-state index contributed by atoms with van der Waals surface area (Å²) in [5.41, 5.74) is 7.40. The van der Waals surface area contributed by atoms with Crippen molar-refractivity contribution in [3.05, 3.63) is 35.4 Å². The molecule has 1 aromatic carbocycles. The molecule has 1 fully saturated rings. The van der Waals surface area contributed by atoms with E-state index in [4.69, 9.17) is 5.73 Å². The van der Waals surface area contributed by atoms with E-state index in [0.717, 1.165) is 30.6 Å². The summed E-state index contributed by atoms with van der Waals surface area (Å²) < 4.78 is 0. The fourth-order valence-corrected chi connectivity index (χ4v) is 2.75. The van der Waals surface area contributed by atoms with Gasteiger partial charge in [0.25, 0.3) is 5.91 Å². The maximum absolute atomic E-state index is 12.2. The molecule has 1 saturated heterocycles. The number of hydrogen-bond donors (Lipinski definition) is 2. The Morgan fingerprint density at radius 1 is 1.45 bits per heavy atom. The summed E-state index contributed by atoms with van der Waals surface area (Å²) in [6.07, 6.45) is 4.51. The zero-order chi connectivity index (χ0) is 14.4. The summed E-state index contributed by atoms with van der Waals surface area (Å²) in [6.45, 7) is 2.47. The van der Waals surface area contributed by atoms with Crippen molar-refractivity contribution >= 4 is 5.91 Å². The highest BCUT2D eigenvalue weighted by molar-refractivity contribution is 5.94. The summed E-state index contributed by atoms with van der Waals surface area (Å²) in [7, 11) is 2.14. The lowest BCUT2D eigenvalue weighted by atomic mass is 10.0. The number of rotatable bonds is 5. The Labute approximate surface area is 121 Å². The van der Waals surface area contributed by atoms with Crippen LogP contribution in [0.15, 0.2) is 24.3 Å². The molecule has 4 nitrogen and oxygen atoms in total. The van der Waals surface area contributed by atoms with E-state index in [0.29, 0.717) is 12.6 Å². The number of piperidine rings is 1. The number of carbonyl (C=O) groups is 1. The molecule has 0 aromatic heterocycles.